The van der Waals surface area contributed by atoms with Gasteiger partial charge in [-0.3, -0.25) is 4.98 Å². The smallest absolute Gasteiger partial charge is 0.416 e. The van der Waals surface area contributed by atoms with E-state index in [9.17, 15) is 52.7 Å². The number of alkyl halides is 12. The SMILES string of the molecule is C=C[C@H]1C[N+]2(Cc3cc(C(F)(F)F)cc(C(F)(F)F)c3)CC[C@H]1C[C@@H]2[C@@H](OCc1cc(C(F)(F)F)cc(C(F)(F)F)c1)c1ccnc2ccc(OC)cc12. The number of fused-ring (bicyclic) bond motifs is 4. The zero-order chi connectivity index (χ0) is 39.4. The van der Waals surface area contributed by atoms with Gasteiger partial charge in [-0.25, -0.2) is 0 Å². The van der Waals surface area contributed by atoms with Crippen molar-refractivity contribution in [3.8, 4) is 5.75 Å². The van der Waals surface area contributed by atoms with Gasteiger partial charge in [0, 0.05) is 35.9 Å². The number of pyridine rings is 1. The molecule has 0 amide bonds. The molecule has 4 aromatic rings. The molecule has 0 N–H and O–H groups in total. The summed E-state index contributed by atoms with van der Waals surface area (Å²) in [6.07, 6.45) is -17.7. The maximum absolute atomic E-state index is 14.0. The Labute approximate surface area is 301 Å². The lowest BCUT2D eigenvalue weighted by Crippen LogP contribution is -2.67. The lowest BCUT2D eigenvalue weighted by Gasteiger charge is -2.58. The standard InChI is InChI=1S/C38H33F12N2O2/c1-3-23-19-52(18-21-10-25(35(39,40)41)15-26(11-21)36(42,43)44)9-7-24(23)14-33(52)34(30-6-8-51-32-5-4-29(53-2)17-31(30)32)54-20-22-12-27(37(45,46)47)16-28(13-22)38(48,49)50/h3-6,8,10-13,15-17,23-24,33-34H,1,7,9,14,18-20H2,2H3/q+1/t23-,24-,33+,34-,52?/m0/s1. The highest BCUT2D eigenvalue weighted by molar-refractivity contribution is 5.84. The Bertz CT molecular complexity index is 1960. The zero-order valence-electron chi connectivity index (χ0n) is 28.4. The molecule has 4 heterocycles. The second kappa shape index (κ2) is 14.1. The molecule has 2 bridgehead atoms. The first kappa shape index (κ1) is 39.4. The van der Waals surface area contributed by atoms with Gasteiger partial charge in [-0.1, -0.05) is 6.08 Å². The minimum absolute atomic E-state index is 0.00466. The number of halogens is 12. The number of methoxy groups -OCH3 is 1. The van der Waals surface area contributed by atoms with Crippen LogP contribution in [0.25, 0.3) is 10.9 Å². The first-order valence-corrected chi connectivity index (χ1v) is 16.7. The van der Waals surface area contributed by atoms with Crippen LogP contribution in [0.5, 0.6) is 5.75 Å². The number of benzene rings is 3. The fourth-order valence-electron chi connectivity index (χ4n) is 8.06. The fraction of sp³-hybridized carbons (Fsp3) is 0.395. The predicted molar refractivity (Wildman–Crippen MR) is 173 cm³/mol. The molecule has 4 nitrogen and oxygen atoms in total. The predicted octanol–water partition coefficient (Wildman–Crippen LogP) is 11.2. The molecule has 3 fully saturated rings. The van der Waals surface area contributed by atoms with Gasteiger partial charge >= 0.3 is 24.7 Å². The van der Waals surface area contributed by atoms with E-state index in [2.05, 4.69) is 11.6 Å². The van der Waals surface area contributed by atoms with Crippen LogP contribution in [0.4, 0.5) is 52.7 Å². The topological polar surface area (TPSA) is 31.4 Å². The average molecular weight is 778 g/mol. The Morgan fingerprint density at radius 2 is 1.33 bits per heavy atom. The van der Waals surface area contributed by atoms with E-state index in [1.165, 1.54) is 13.3 Å². The van der Waals surface area contributed by atoms with E-state index < -0.39 is 71.3 Å². The number of nitrogens with zero attached hydrogens (tertiary/aromatic N) is 2. The van der Waals surface area contributed by atoms with Crippen LogP contribution < -0.4 is 4.74 Å². The van der Waals surface area contributed by atoms with Crippen molar-refractivity contribution < 1.29 is 66.6 Å². The summed E-state index contributed by atoms with van der Waals surface area (Å²) >= 11 is 0. The number of piperidine rings is 3. The van der Waals surface area contributed by atoms with Crippen LogP contribution in [0, 0.1) is 11.8 Å². The van der Waals surface area contributed by atoms with Crippen molar-refractivity contribution in [2.24, 2.45) is 11.8 Å². The number of aromatic nitrogens is 1. The highest BCUT2D eigenvalue weighted by atomic mass is 19.4. The van der Waals surface area contributed by atoms with Gasteiger partial charge in [-0.15, -0.1) is 6.58 Å². The van der Waals surface area contributed by atoms with Crippen molar-refractivity contribution in [1.29, 1.82) is 0 Å². The fourth-order valence-corrected chi connectivity index (χ4v) is 8.06. The molecule has 1 aromatic heterocycles. The summed E-state index contributed by atoms with van der Waals surface area (Å²) in [5, 5.41) is 0.460. The number of hydrogen-bond acceptors (Lipinski definition) is 3. The van der Waals surface area contributed by atoms with Crippen molar-refractivity contribution in [3.63, 3.8) is 0 Å². The molecule has 3 saturated heterocycles. The van der Waals surface area contributed by atoms with E-state index in [0.29, 0.717) is 59.3 Å². The van der Waals surface area contributed by atoms with Crippen LogP contribution in [0.3, 0.4) is 0 Å². The Hall–Kier alpha value is -4.31. The third kappa shape index (κ3) is 8.04. The third-order valence-corrected chi connectivity index (χ3v) is 10.5. The van der Waals surface area contributed by atoms with Gasteiger partial charge in [0.05, 0.1) is 54.6 Å². The monoisotopic (exact) mass is 777 g/mol. The molecule has 3 aromatic carbocycles. The number of ether oxygens (including phenoxy) is 2. The van der Waals surface area contributed by atoms with E-state index >= 15 is 0 Å². The van der Waals surface area contributed by atoms with E-state index in [0.717, 1.165) is 0 Å². The summed E-state index contributed by atoms with van der Waals surface area (Å²) in [6, 6.07) is 8.18. The van der Waals surface area contributed by atoms with Crippen LogP contribution >= 0.6 is 0 Å². The minimum atomic E-state index is -5.13. The summed E-state index contributed by atoms with van der Waals surface area (Å²) in [5.74, 6) is 0.127. The van der Waals surface area contributed by atoms with Gasteiger partial charge in [0.1, 0.15) is 24.4 Å². The number of quaternary nitrogens is 1. The van der Waals surface area contributed by atoms with Gasteiger partial charge in [-0.2, -0.15) is 52.7 Å². The molecule has 7 rings (SSSR count). The number of hydrogen-bond donors (Lipinski definition) is 0. The summed E-state index contributed by atoms with van der Waals surface area (Å²) in [4.78, 5) is 4.37. The first-order valence-electron chi connectivity index (χ1n) is 16.7. The summed E-state index contributed by atoms with van der Waals surface area (Å²) < 4.78 is 178. The summed E-state index contributed by atoms with van der Waals surface area (Å²) in [7, 11) is 1.41. The van der Waals surface area contributed by atoms with Crippen molar-refractivity contribution >= 4 is 10.9 Å². The largest absolute Gasteiger partial charge is 0.497 e. The van der Waals surface area contributed by atoms with Crippen molar-refractivity contribution in [2.75, 3.05) is 20.2 Å². The van der Waals surface area contributed by atoms with Gasteiger partial charge in [-0.05, 0) is 77.7 Å². The molecule has 54 heavy (non-hydrogen) atoms. The molecule has 3 aliphatic heterocycles. The van der Waals surface area contributed by atoms with Gasteiger partial charge in [0.2, 0.25) is 0 Å². The normalized spacial score (nSPS) is 22.7. The van der Waals surface area contributed by atoms with Crippen LogP contribution in [0.1, 0.15) is 57.9 Å². The quantitative estimate of drug-likeness (QED) is 0.0964. The molecule has 16 heteroatoms. The second-order valence-corrected chi connectivity index (χ2v) is 13.9. The summed E-state index contributed by atoms with van der Waals surface area (Å²) in [5.41, 5.74) is -5.93. The van der Waals surface area contributed by atoms with E-state index in [1.54, 1.807) is 30.3 Å². The lowest BCUT2D eigenvalue weighted by molar-refractivity contribution is -0.985. The van der Waals surface area contributed by atoms with E-state index in [4.69, 9.17) is 9.47 Å². The average Bonchev–Trinajstić information content (AvgIpc) is 3.10. The van der Waals surface area contributed by atoms with Crippen LogP contribution in [-0.2, 0) is 42.6 Å². The maximum atomic E-state index is 14.0. The molecule has 0 radical (unpaired) electrons. The second-order valence-electron chi connectivity index (χ2n) is 13.9. The minimum Gasteiger partial charge on any atom is -0.497 e. The van der Waals surface area contributed by atoms with Gasteiger partial charge in [0.15, 0.2) is 0 Å². The lowest BCUT2D eigenvalue weighted by atomic mass is 9.71. The first-order chi connectivity index (χ1) is 25.1. The van der Waals surface area contributed by atoms with Crippen LogP contribution in [0.2, 0.25) is 0 Å². The van der Waals surface area contributed by atoms with Crippen molar-refractivity contribution in [3.05, 3.63) is 118 Å². The van der Waals surface area contributed by atoms with E-state index in [-0.39, 0.29) is 53.6 Å². The Kier molecular flexibility index (Phi) is 10.3. The third-order valence-electron chi connectivity index (χ3n) is 10.5. The molecular weight excluding hydrogens is 744 g/mol. The van der Waals surface area contributed by atoms with Crippen molar-refractivity contribution in [1.82, 2.24) is 4.98 Å². The molecule has 0 spiro atoms. The van der Waals surface area contributed by atoms with Gasteiger partial charge < -0.3 is 14.0 Å². The van der Waals surface area contributed by atoms with Gasteiger partial charge in [0.25, 0.3) is 0 Å². The molecule has 1 unspecified atom stereocenters. The molecule has 0 aliphatic carbocycles. The summed E-state index contributed by atoms with van der Waals surface area (Å²) in [6.45, 7) is 3.35. The van der Waals surface area contributed by atoms with Crippen molar-refractivity contribution in [2.45, 2.75) is 62.8 Å². The molecule has 3 aliphatic rings. The van der Waals surface area contributed by atoms with Crippen LogP contribution in [-0.4, -0.2) is 35.7 Å². The Morgan fingerprint density at radius 1 is 0.778 bits per heavy atom. The highest BCUT2D eigenvalue weighted by Crippen LogP contribution is 2.50. The maximum Gasteiger partial charge on any atom is 0.416 e. The number of rotatable bonds is 9. The molecule has 0 saturated carbocycles. The molecule has 290 valence electrons. The molecular formula is C38H33F12N2O2+. The van der Waals surface area contributed by atoms with E-state index in [1.807, 2.05) is 0 Å². The zero-order valence-corrected chi connectivity index (χ0v) is 28.4. The molecule has 5 atom stereocenters. The Balaban J connectivity index is 1.51. The Morgan fingerprint density at radius 3 is 1.85 bits per heavy atom. The van der Waals surface area contributed by atoms with Crippen LogP contribution in [0.15, 0.2) is 79.5 Å². The highest BCUT2D eigenvalue weighted by Gasteiger charge is 2.55.